The van der Waals surface area contributed by atoms with Gasteiger partial charge in [0.25, 0.3) is 0 Å². The summed E-state index contributed by atoms with van der Waals surface area (Å²) in [4.78, 5) is 20.8. The van der Waals surface area contributed by atoms with E-state index in [0.717, 1.165) is 10.6 Å². The van der Waals surface area contributed by atoms with Crippen LogP contribution in [0.2, 0.25) is 0 Å². The molecule has 0 fully saturated rings. The Kier molecular flexibility index (Phi) is 3.52. The van der Waals surface area contributed by atoms with Crippen molar-refractivity contribution in [3.8, 4) is 0 Å². The van der Waals surface area contributed by atoms with Gasteiger partial charge in [-0.2, -0.15) is 0 Å². The summed E-state index contributed by atoms with van der Waals surface area (Å²) < 4.78 is 0. The van der Waals surface area contributed by atoms with Crippen LogP contribution in [-0.2, 0) is 0 Å². The van der Waals surface area contributed by atoms with E-state index < -0.39 is 14.1 Å². The Labute approximate surface area is 100 Å². The van der Waals surface area contributed by atoms with Crippen LogP contribution in [0.15, 0.2) is 54.6 Å². The normalized spacial score (nSPS) is 12.1. The van der Waals surface area contributed by atoms with E-state index in [2.05, 4.69) is 0 Å². The lowest BCUT2D eigenvalue weighted by molar-refractivity contribution is 0.0697. The first kappa shape index (κ1) is 11.8. The third-order valence-corrected chi connectivity index (χ3v) is 3.93. The lowest BCUT2D eigenvalue weighted by Gasteiger charge is -2.10. The summed E-state index contributed by atoms with van der Waals surface area (Å²) >= 11 is 0. The minimum Gasteiger partial charge on any atom is -0.478 e. The first-order valence-electron chi connectivity index (χ1n) is 5.06. The second kappa shape index (κ2) is 5.09. The van der Waals surface area contributed by atoms with Gasteiger partial charge < -0.3 is 10.00 Å². The largest absolute Gasteiger partial charge is 0.478 e. The second-order valence-corrected chi connectivity index (χ2v) is 5.16. The molecule has 0 aliphatic rings. The van der Waals surface area contributed by atoms with Gasteiger partial charge in [-0.1, -0.05) is 42.5 Å². The van der Waals surface area contributed by atoms with Gasteiger partial charge in [0.05, 0.1) is 13.7 Å². The molecule has 0 aliphatic carbocycles. The lowest BCUT2D eigenvalue weighted by atomic mass is 10.2. The maximum absolute atomic E-state index is 10.7. The molecule has 0 spiro atoms. The summed E-state index contributed by atoms with van der Waals surface area (Å²) in [5, 5.41) is 10.4. The van der Waals surface area contributed by atoms with E-state index >= 15 is 0 Å². The second-order valence-electron chi connectivity index (χ2n) is 3.50. The summed E-state index contributed by atoms with van der Waals surface area (Å²) in [5.74, 6) is -0.960. The highest BCUT2D eigenvalue weighted by Crippen LogP contribution is 2.27. The molecule has 0 radical (unpaired) electrons. The molecular weight excluding hydrogens is 235 g/mol. The number of carboxylic acid groups (broad SMARTS) is 1. The van der Waals surface area contributed by atoms with E-state index in [4.69, 9.17) is 5.11 Å². The maximum atomic E-state index is 10.7. The van der Waals surface area contributed by atoms with Crippen molar-refractivity contribution in [1.82, 2.24) is 0 Å². The highest BCUT2D eigenvalue weighted by atomic mass is 31.1. The molecule has 0 saturated carbocycles. The first-order valence-corrected chi connectivity index (χ1v) is 6.35. The van der Waals surface area contributed by atoms with Crippen molar-refractivity contribution in [1.29, 1.82) is 0 Å². The summed E-state index contributed by atoms with van der Waals surface area (Å²) in [6.07, 6.45) is 0. The molecular formula is C13H11O3P. The van der Waals surface area contributed by atoms with Crippen molar-refractivity contribution in [2.24, 2.45) is 0 Å². The smallest absolute Gasteiger partial charge is 0.335 e. The van der Waals surface area contributed by atoms with Crippen LogP contribution in [0.3, 0.4) is 0 Å². The van der Waals surface area contributed by atoms with Crippen molar-refractivity contribution in [3.63, 3.8) is 0 Å². The third-order valence-electron chi connectivity index (χ3n) is 2.36. The molecule has 1 unspecified atom stereocenters. The number of rotatable bonds is 3. The maximum Gasteiger partial charge on any atom is 0.335 e. The summed E-state index contributed by atoms with van der Waals surface area (Å²) in [5.41, 5.74) is 0.227. The number of hydrogen-bond donors (Lipinski definition) is 2. The quantitative estimate of drug-likeness (QED) is 0.811. The van der Waals surface area contributed by atoms with Crippen LogP contribution in [0, 0.1) is 0 Å². The molecule has 0 heterocycles. The van der Waals surface area contributed by atoms with E-state index in [1.165, 1.54) is 12.1 Å². The van der Waals surface area contributed by atoms with Crippen LogP contribution in [0.4, 0.5) is 0 Å². The van der Waals surface area contributed by atoms with Crippen LogP contribution >= 0.6 is 8.15 Å². The predicted molar refractivity (Wildman–Crippen MR) is 68.3 cm³/mol. The standard InChI is InChI=1S/C13H11O3P/c14-13(15)10-6-8-12(9-7-10)17(16)11-4-2-1-3-5-11/h1-9,16H,(H,14,15). The van der Waals surface area contributed by atoms with E-state index in [1.54, 1.807) is 12.1 Å². The molecule has 2 aromatic rings. The average molecular weight is 246 g/mol. The van der Waals surface area contributed by atoms with Crippen LogP contribution in [0.5, 0.6) is 0 Å². The number of aromatic carboxylic acids is 1. The molecule has 4 heteroatoms. The highest BCUT2D eigenvalue weighted by molar-refractivity contribution is 7.67. The Balaban J connectivity index is 2.26. The van der Waals surface area contributed by atoms with Gasteiger partial charge in [0.15, 0.2) is 0 Å². The van der Waals surface area contributed by atoms with Crippen LogP contribution in [-0.4, -0.2) is 16.0 Å². The monoisotopic (exact) mass is 246 g/mol. The molecule has 17 heavy (non-hydrogen) atoms. The Bertz CT molecular complexity index is 508. The van der Waals surface area contributed by atoms with Crippen molar-refractivity contribution in [2.45, 2.75) is 0 Å². The van der Waals surface area contributed by atoms with Gasteiger partial charge in [0.1, 0.15) is 0 Å². The van der Waals surface area contributed by atoms with Crippen LogP contribution < -0.4 is 10.6 Å². The minimum atomic E-state index is -1.40. The SMILES string of the molecule is O=C(O)c1ccc(P(O)c2ccccc2)cc1. The number of hydrogen-bond acceptors (Lipinski definition) is 2. The summed E-state index contributed by atoms with van der Waals surface area (Å²) in [6.45, 7) is 0. The van der Waals surface area contributed by atoms with E-state index in [-0.39, 0.29) is 5.56 Å². The van der Waals surface area contributed by atoms with E-state index in [9.17, 15) is 9.69 Å². The molecule has 0 aliphatic heterocycles. The van der Waals surface area contributed by atoms with Gasteiger partial charge in [-0.3, -0.25) is 0 Å². The van der Waals surface area contributed by atoms with E-state index in [0.29, 0.717) is 0 Å². The topological polar surface area (TPSA) is 57.5 Å². The first-order chi connectivity index (χ1) is 8.18. The zero-order valence-corrected chi connectivity index (χ0v) is 9.84. The van der Waals surface area contributed by atoms with E-state index in [1.807, 2.05) is 30.3 Å². The fourth-order valence-electron chi connectivity index (χ4n) is 1.46. The molecule has 0 amide bonds. The molecule has 1 atom stereocenters. The number of carbonyl (C=O) groups is 1. The van der Waals surface area contributed by atoms with Gasteiger partial charge >= 0.3 is 5.97 Å². The third kappa shape index (κ3) is 2.70. The Hall–Kier alpha value is -1.70. The van der Waals surface area contributed by atoms with Gasteiger partial charge in [0, 0.05) is 10.6 Å². The van der Waals surface area contributed by atoms with Crippen molar-refractivity contribution < 1.29 is 14.8 Å². The van der Waals surface area contributed by atoms with Crippen molar-refractivity contribution in [3.05, 3.63) is 60.2 Å². The molecule has 3 nitrogen and oxygen atoms in total. The molecule has 0 aromatic heterocycles. The average Bonchev–Trinajstić information content (AvgIpc) is 2.39. The molecule has 0 bridgehead atoms. The molecule has 2 rings (SSSR count). The Morgan fingerprint density at radius 2 is 1.41 bits per heavy atom. The Morgan fingerprint density at radius 3 is 1.94 bits per heavy atom. The predicted octanol–water partition coefficient (Wildman–Crippen LogP) is 1.72. The number of carboxylic acids is 1. The molecule has 2 N–H and O–H groups in total. The van der Waals surface area contributed by atoms with Crippen LogP contribution in [0.25, 0.3) is 0 Å². The van der Waals surface area contributed by atoms with Gasteiger partial charge in [0.2, 0.25) is 0 Å². The van der Waals surface area contributed by atoms with Gasteiger partial charge in [-0.25, -0.2) is 4.79 Å². The summed E-state index contributed by atoms with van der Waals surface area (Å²) in [6, 6.07) is 15.7. The van der Waals surface area contributed by atoms with Gasteiger partial charge in [-0.15, -0.1) is 0 Å². The van der Waals surface area contributed by atoms with Crippen LogP contribution in [0.1, 0.15) is 10.4 Å². The fourth-order valence-corrected chi connectivity index (χ4v) is 2.65. The molecule has 2 aromatic carbocycles. The van der Waals surface area contributed by atoms with Crippen molar-refractivity contribution in [2.75, 3.05) is 0 Å². The minimum absolute atomic E-state index is 0.227. The zero-order valence-electron chi connectivity index (χ0n) is 8.95. The Morgan fingerprint density at radius 1 is 0.882 bits per heavy atom. The summed E-state index contributed by atoms with van der Waals surface area (Å²) in [7, 11) is -1.40. The fraction of sp³-hybridized carbons (Fsp3) is 0. The highest BCUT2D eigenvalue weighted by Gasteiger charge is 2.11. The van der Waals surface area contributed by atoms with Gasteiger partial charge in [-0.05, 0) is 12.1 Å². The molecule has 86 valence electrons. The zero-order chi connectivity index (χ0) is 12.3. The molecule has 0 saturated heterocycles. The number of benzene rings is 2. The lowest BCUT2D eigenvalue weighted by Crippen LogP contribution is -2.11. The van der Waals surface area contributed by atoms with Crippen molar-refractivity contribution >= 4 is 24.7 Å².